The van der Waals surface area contributed by atoms with Crippen LogP contribution in [0.4, 0.5) is 4.39 Å². The smallest absolute Gasteiger partial charge is 0.254 e. The highest BCUT2D eigenvalue weighted by atomic mass is 19.1. The van der Waals surface area contributed by atoms with Gasteiger partial charge in [-0.3, -0.25) is 9.59 Å². The first-order valence-corrected chi connectivity index (χ1v) is 6.34. The molecule has 21 heavy (non-hydrogen) atoms. The van der Waals surface area contributed by atoms with Crippen LogP contribution in [0.25, 0.3) is 0 Å². The second-order valence-corrected chi connectivity index (χ2v) is 5.18. The van der Waals surface area contributed by atoms with Crippen LogP contribution in [0.3, 0.4) is 0 Å². The summed E-state index contributed by atoms with van der Waals surface area (Å²) in [6.07, 6.45) is -0.0413. The van der Waals surface area contributed by atoms with Crippen molar-refractivity contribution in [2.75, 3.05) is 6.54 Å². The summed E-state index contributed by atoms with van der Waals surface area (Å²) in [5, 5.41) is 2.57. The van der Waals surface area contributed by atoms with Crippen LogP contribution in [0.2, 0.25) is 0 Å². The summed E-state index contributed by atoms with van der Waals surface area (Å²) in [6, 6.07) is 4.03. The molecule has 0 saturated carbocycles. The lowest BCUT2D eigenvalue weighted by atomic mass is 9.99. The van der Waals surface area contributed by atoms with E-state index in [4.69, 9.17) is 11.5 Å². The average molecular weight is 291 g/mol. The molecule has 2 amide bonds. The lowest BCUT2D eigenvalue weighted by Crippen LogP contribution is -2.46. The van der Waals surface area contributed by atoms with Crippen molar-refractivity contribution in [3.8, 4) is 11.8 Å². The molecule has 0 fully saturated rings. The molecular formula is C15H18FN3O2. The van der Waals surface area contributed by atoms with Crippen LogP contribution in [0.5, 0.6) is 0 Å². The minimum Gasteiger partial charge on any atom is -0.370 e. The number of primary amides is 1. The molecule has 112 valence electrons. The van der Waals surface area contributed by atoms with Crippen LogP contribution < -0.4 is 16.8 Å². The van der Waals surface area contributed by atoms with E-state index >= 15 is 0 Å². The Bertz CT molecular complexity index is 615. The molecule has 0 unspecified atom stereocenters. The first-order valence-electron chi connectivity index (χ1n) is 6.34. The Morgan fingerprint density at radius 1 is 1.38 bits per heavy atom. The fourth-order valence-corrected chi connectivity index (χ4v) is 1.78. The van der Waals surface area contributed by atoms with E-state index in [2.05, 4.69) is 17.2 Å². The van der Waals surface area contributed by atoms with Crippen LogP contribution in [0, 0.1) is 17.7 Å². The number of halogens is 1. The summed E-state index contributed by atoms with van der Waals surface area (Å²) in [6.45, 7) is 3.44. The fraction of sp³-hybridized carbons (Fsp3) is 0.333. The Morgan fingerprint density at radius 2 is 2.05 bits per heavy atom. The zero-order chi connectivity index (χ0) is 16.0. The normalized spacial score (nSPS) is 10.5. The van der Waals surface area contributed by atoms with Crippen LogP contribution >= 0.6 is 0 Å². The third kappa shape index (κ3) is 5.24. The number of amides is 2. The Kier molecular flexibility index (Phi) is 5.44. The molecule has 0 aromatic heterocycles. The van der Waals surface area contributed by atoms with E-state index in [0.29, 0.717) is 5.56 Å². The lowest BCUT2D eigenvalue weighted by Gasteiger charge is -2.24. The van der Waals surface area contributed by atoms with Gasteiger partial charge in [-0.2, -0.15) is 0 Å². The third-order valence-corrected chi connectivity index (χ3v) is 2.62. The molecule has 0 heterocycles. The molecule has 0 aliphatic heterocycles. The topological polar surface area (TPSA) is 98.2 Å². The Hall–Kier alpha value is -2.39. The fourth-order valence-electron chi connectivity index (χ4n) is 1.78. The minimum absolute atomic E-state index is 0.0413. The number of hydrogen-bond acceptors (Lipinski definition) is 3. The van der Waals surface area contributed by atoms with Gasteiger partial charge in [0.15, 0.2) is 0 Å². The molecule has 0 atom stereocenters. The highest BCUT2D eigenvalue weighted by molar-refractivity contribution is 5.95. The first kappa shape index (κ1) is 16.7. The molecule has 0 radical (unpaired) electrons. The molecule has 0 saturated heterocycles. The predicted molar refractivity (Wildman–Crippen MR) is 77.7 cm³/mol. The van der Waals surface area contributed by atoms with Gasteiger partial charge < -0.3 is 16.8 Å². The largest absolute Gasteiger partial charge is 0.370 e. The van der Waals surface area contributed by atoms with Crippen molar-refractivity contribution in [1.29, 1.82) is 0 Å². The van der Waals surface area contributed by atoms with E-state index in [-0.39, 0.29) is 18.5 Å². The van der Waals surface area contributed by atoms with Crippen molar-refractivity contribution in [3.05, 3.63) is 35.1 Å². The van der Waals surface area contributed by atoms with Gasteiger partial charge in [0.1, 0.15) is 5.82 Å². The average Bonchev–Trinajstić information content (AvgIpc) is 2.33. The lowest BCUT2D eigenvalue weighted by molar-refractivity contribution is -0.119. The van der Waals surface area contributed by atoms with Crippen molar-refractivity contribution >= 4 is 11.8 Å². The molecule has 6 heteroatoms. The van der Waals surface area contributed by atoms with Gasteiger partial charge in [0.2, 0.25) is 5.91 Å². The Morgan fingerprint density at radius 3 is 2.57 bits per heavy atom. The second-order valence-electron chi connectivity index (χ2n) is 5.18. The second kappa shape index (κ2) is 6.86. The molecule has 1 aromatic carbocycles. The zero-order valence-electron chi connectivity index (χ0n) is 12.0. The SMILES string of the molecule is CC(C)(CC(N)=O)NC(=O)c1ccc(C#CCN)cc1F. The summed E-state index contributed by atoms with van der Waals surface area (Å²) in [5.41, 5.74) is 9.79. The first-order chi connectivity index (χ1) is 9.75. The minimum atomic E-state index is -0.854. The van der Waals surface area contributed by atoms with Crippen LogP contribution in [-0.2, 0) is 4.79 Å². The predicted octanol–water partition coefficient (Wildman–Crippen LogP) is 0.520. The number of carbonyl (C=O) groups excluding carboxylic acids is 2. The Labute approximate surface area is 122 Å². The van der Waals surface area contributed by atoms with E-state index < -0.39 is 23.2 Å². The molecule has 0 bridgehead atoms. The van der Waals surface area contributed by atoms with Crippen molar-refractivity contribution in [2.45, 2.75) is 25.8 Å². The molecule has 0 spiro atoms. The van der Waals surface area contributed by atoms with Gasteiger partial charge in [0.25, 0.3) is 5.91 Å². The molecule has 5 N–H and O–H groups in total. The molecule has 0 aliphatic carbocycles. The molecule has 5 nitrogen and oxygen atoms in total. The van der Waals surface area contributed by atoms with Gasteiger partial charge in [0.05, 0.1) is 12.1 Å². The van der Waals surface area contributed by atoms with E-state index in [9.17, 15) is 14.0 Å². The van der Waals surface area contributed by atoms with Gasteiger partial charge >= 0.3 is 0 Å². The van der Waals surface area contributed by atoms with E-state index in [1.165, 1.54) is 18.2 Å². The number of nitrogens with one attached hydrogen (secondary N) is 1. The highest BCUT2D eigenvalue weighted by Gasteiger charge is 2.24. The summed E-state index contributed by atoms with van der Waals surface area (Å²) < 4.78 is 13.9. The third-order valence-electron chi connectivity index (χ3n) is 2.62. The quantitative estimate of drug-likeness (QED) is 0.705. The number of nitrogens with two attached hydrogens (primary N) is 2. The van der Waals surface area contributed by atoms with E-state index in [0.717, 1.165) is 0 Å². The van der Waals surface area contributed by atoms with Crippen LogP contribution in [0.15, 0.2) is 18.2 Å². The maximum absolute atomic E-state index is 13.9. The maximum Gasteiger partial charge on any atom is 0.254 e. The number of benzene rings is 1. The van der Waals surface area contributed by atoms with Gasteiger partial charge in [-0.1, -0.05) is 11.8 Å². The maximum atomic E-state index is 13.9. The Balaban J connectivity index is 2.91. The highest BCUT2D eigenvalue weighted by Crippen LogP contribution is 2.13. The summed E-state index contributed by atoms with van der Waals surface area (Å²) in [5.74, 6) is 3.43. The van der Waals surface area contributed by atoms with Crippen LogP contribution in [-0.4, -0.2) is 23.9 Å². The van der Waals surface area contributed by atoms with Gasteiger partial charge in [-0.25, -0.2) is 4.39 Å². The molecular weight excluding hydrogens is 273 g/mol. The summed E-state index contributed by atoms with van der Waals surface area (Å²) >= 11 is 0. The number of carbonyl (C=O) groups is 2. The van der Waals surface area contributed by atoms with E-state index in [1.54, 1.807) is 13.8 Å². The van der Waals surface area contributed by atoms with Gasteiger partial charge in [-0.15, -0.1) is 0 Å². The van der Waals surface area contributed by atoms with Crippen molar-refractivity contribution < 1.29 is 14.0 Å². The van der Waals surface area contributed by atoms with Crippen LogP contribution in [0.1, 0.15) is 36.2 Å². The standard InChI is InChI=1S/C15H18FN3O2/c1-15(2,9-13(18)20)19-14(21)11-6-5-10(4-3-7-17)8-12(11)16/h5-6,8H,7,9,17H2,1-2H3,(H2,18,20)(H,19,21). The molecule has 1 rings (SSSR count). The number of rotatable bonds is 4. The molecule has 0 aliphatic rings. The summed E-state index contributed by atoms with van der Waals surface area (Å²) in [7, 11) is 0. The van der Waals surface area contributed by atoms with Gasteiger partial charge in [-0.05, 0) is 32.0 Å². The van der Waals surface area contributed by atoms with Crippen molar-refractivity contribution in [2.24, 2.45) is 11.5 Å². The monoisotopic (exact) mass is 291 g/mol. The summed E-state index contributed by atoms with van der Waals surface area (Å²) in [4.78, 5) is 22.9. The van der Waals surface area contributed by atoms with Gasteiger partial charge in [0, 0.05) is 17.5 Å². The zero-order valence-corrected chi connectivity index (χ0v) is 12.0. The molecule has 1 aromatic rings. The number of hydrogen-bond donors (Lipinski definition) is 3. The van der Waals surface area contributed by atoms with Crippen molar-refractivity contribution in [3.63, 3.8) is 0 Å². The van der Waals surface area contributed by atoms with E-state index in [1.807, 2.05) is 0 Å². The van der Waals surface area contributed by atoms with Crippen molar-refractivity contribution in [1.82, 2.24) is 5.32 Å².